The van der Waals surface area contributed by atoms with Crippen molar-refractivity contribution in [1.29, 1.82) is 0 Å². The Morgan fingerprint density at radius 1 is 0.579 bits per heavy atom. The summed E-state index contributed by atoms with van der Waals surface area (Å²) in [6.07, 6.45) is 19.5. The molecule has 6 aromatic rings. The second kappa shape index (κ2) is 8.80. The molecule has 7 rings (SSSR count). The maximum Gasteiger partial charge on any atom is 0.0838 e. The number of hydrogen-bond acceptors (Lipinski definition) is 2. The van der Waals surface area contributed by atoms with Crippen LogP contribution < -0.4 is 0 Å². The summed E-state index contributed by atoms with van der Waals surface area (Å²) in [5, 5.41) is 2.42. The highest BCUT2D eigenvalue weighted by Gasteiger charge is 2.42. The maximum absolute atomic E-state index is 5.99. The first-order valence-corrected chi connectivity index (χ1v) is 12.7. The summed E-state index contributed by atoms with van der Waals surface area (Å²) in [6.45, 7) is 0.970. The molecule has 4 heteroatoms. The molecule has 0 fully saturated rings. The molecule has 4 aromatic heterocycles. The highest BCUT2D eigenvalue weighted by Crippen LogP contribution is 2.54. The first-order chi connectivity index (χ1) is 18.8. The van der Waals surface area contributed by atoms with Gasteiger partial charge in [-0.3, -0.25) is 9.97 Å². The summed E-state index contributed by atoms with van der Waals surface area (Å²) in [5.41, 5.74) is 9.66. The number of rotatable bonds is 4. The third-order valence-corrected chi connectivity index (χ3v) is 7.81. The molecule has 180 valence electrons. The van der Waals surface area contributed by atoms with Crippen LogP contribution in [0.15, 0.2) is 97.6 Å². The lowest BCUT2D eigenvalue weighted by Gasteiger charge is -2.33. The molecule has 4 heterocycles. The van der Waals surface area contributed by atoms with Crippen molar-refractivity contribution in [3.63, 3.8) is 0 Å². The van der Waals surface area contributed by atoms with E-state index in [1.807, 2.05) is 24.8 Å². The minimum absolute atomic E-state index is 0.0363. The Balaban J connectivity index is 1.72. The van der Waals surface area contributed by atoms with Gasteiger partial charge in [0.15, 0.2) is 0 Å². The molecule has 0 aliphatic heterocycles. The van der Waals surface area contributed by atoms with Crippen molar-refractivity contribution in [1.82, 2.24) is 19.1 Å². The van der Waals surface area contributed by atoms with Crippen molar-refractivity contribution in [2.75, 3.05) is 0 Å². The van der Waals surface area contributed by atoms with Crippen LogP contribution in [-0.2, 0) is 13.1 Å². The van der Waals surface area contributed by atoms with Gasteiger partial charge in [-0.2, -0.15) is 0 Å². The van der Waals surface area contributed by atoms with E-state index in [-0.39, 0.29) is 11.8 Å². The molecule has 0 N–H and O–H groups in total. The quantitative estimate of drug-likeness (QED) is 0.272. The van der Waals surface area contributed by atoms with Crippen LogP contribution in [0.2, 0.25) is 0 Å². The molecule has 0 amide bonds. The molecule has 0 saturated carbocycles. The smallest absolute Gasteiger partial charge is 0.0838 e. The van der Waals surface area contributed by atoms with Crippen molar-refractivity contribution >= 4 is 21.8 Å². The van der Waals surface area contributed by atoms with Crippen LogP contribution in [0.4, 0.5) is 0 Å². The van der Waals surface area contributed by atoms with Gasteiger partial charge in [0.25, 0.3) is 0 Å². The fourth-order valence-electron chi connectivity index (χ4n) is 6.49. The number of para-hydroxylation sites is 2. The number of terminal acetylenes is 2. The standard InChI is InChI=1S/C34H24N4/c1-3-21-37-27-11-7-5-9-25(27)31-30(24-15-19-36-20-16-24)34-32(29(33(31)37)23-13-17-35-18-14-23)26-10-6-8-12-28(26)38(34)22-4-2/h1-2,5-20,29-30H,21-22H2. The van der Waals surface area contributed by atoms with E-state index in [4.69, 9.17) is 12.8 Å². The van der Waals surface area contributed by atoms with Crippen LogP contribution in [-0.4, -0.2) is 19.1 Å². The summed E-state index contributed by atoms with van der Waals surface area (Å²) in [4.78, 5) is 8.67. The number of nitrogens with zero attached hydrogens (tertiary/aromatic N) is 4. The number of fused-ring (bicyclic) bond motifs is 6. The molecule has 2 aromatic carbocycles. The number of pyridine rings is 2. The van der Waals surface area contributed by atoms with Gasteiger partial charge < -0.3 is 9.13 Å². The van der Waals surface area contributed by atoms with Gasteiger partial charge in [-0.05, 0) is 58.7 Å². The predicted octanol–water partition coefficient (Wildman–Crippen LogP) is 6.33. The Kier molecular flexibility index (Phi) is 5.13. The van der Waals surface area contributed by atoms with Crippen LogP contribution in [0.25, 0.3) is 21.8 Å². The number of benzene rings is 2. The van der Waals surface area contributed by atoms with E-state index in [1.54, 1.807) is 0 Å². The highest BCUT2D eigenvalue weighted by atomic mass is 15.0. The molecule has 1 aliphatic rings. The fourth-order valence-corrected chi connectivity index (χ4v) is 6.49. The molecule has 38 heavy (non-hydrogen) atoms. The third kappa shape index (κ3) is 3.08. The van der Waals surface area contributed by atoms with Gasteiger partial charge in [-0.1, -0.05) is 48.2 Å². The van der Waals surface area contributed by atoms with Crippen molar-refractivity contribution in [3.05, 3.63) is 131 Å². The van der Waals surface area contributed by atoms with E-state index in [0.29, 0.717) is 13.1 Å². The first-order valence-electron chi connectivity index (χ1n) is 12.7. The summed E-state index contributed by atoms with van der Waals surface area (Å²) < 4.78 is 4.67. The van der Waals surface area contributed by atoms with E-state index in [1.165, 1.54) is 44.4 Å². The van der Waals surface area contributed by atoms with Crippen LogP contribution >= 0.6 is 0 Å². The van der Waals surface area contributed by atoms with Gasteiger partial charge in [0.2, 0.25) is 0 Å². The van der Waals surface area contributed by atoms with Gasteiger partial charge in [0, 0.05) is 58.0 Å². The minimum Gasteiger partial charge on any atom is -0.332 e. The minimum atomic E-state index is -0.0363. The summed E-state index contributed by atoms with van der Waals surface area (Å²) in [5.74, 6) is 5.80. The lowest BCUT2D eigenvalue weighted by molar-refractivity contribution is 0.686. The van der Waals surface area contributed by atoms with E-state index in [2.05, 4.69) is 104 Å². The summed E-state index contributed by atoms with van der Waals surface area (Å²) in [7, 11) is 0. The molecule has 2 atom stereocenters. The molecule has 0 bridgehead atoms. The van der Waals surface area contributed by atoms with Crippen LogP contribution in [0, 0.1) is 24.7 Å². The zero-order valence-electron chi connectivity index (χ0n) is 20.8. The lowest BCUT2D eigenvalue weighted by atomic mass is 9.72. The monoisotopic (exact) mass is 488 g/mol. The zero-order valence-corrected chi connectivity index (χ0v) is 20.8. The molecular weight excluding hydrogens is 464 g/mol. The van der Waals surface area contributed by atoms with Gasteiger partial charge in [-0.15, -0.1) is 12.8 Å². The van der Waals surface area contributed by atoms with Crippen LogP contribution in [0.3, 0.4) is 0 Å². The second-order valence-electron chi connectivity index (χ2n) is 9.64. The predicted molar refractivity (Wildman–Crippen MR) is 152 cm³/mol. The van der Waals surface area contributed by atoms with Gasteiger partial charge >= 0.3 is 0 Å². The molecule has 0 saturated heterocycles. The average molecular weight is 489 g/mol. The van der Waals surface area contributed by atoms with Crippen LogP contribution in [0.1, 0.15) is 45.5 Å². The lowest BCUT2D eigenvalue weighted by Crippen LogP contribution is -2.23. The largest absolute Gasteiger partial charge is 0.332 e. The molecule has 1 aliphatic carbocycles. The van der Waals surface area contributed by atoms with E-state index in [9.17, 15) is 0 Å². The average Bonchev–Trinajstić information content (AvgIpc) is 3.47. The van der Waals surface area contributed by atoms with Gasteiger partial charge in [0.1, 0.15) is 0 Å². The Labute approximate surface area is 221 Å². The normalized spacial score (nSPS) is 16.1. The molecule has 2 unspecified atom stereocenters. The van der Waals surface area contributed by atoms with E-state index >= 15 is 0 Å². The van der Waals surface area contributed by atoms with E-state index in [0.717, 1.165) is 11.0 Å². The Bertz CT molecular complexity index is 1750. The Morgan fingerprint density at radius 3 is 1.37 bits per heavy atom. The third-order valence-electron chi connectivity index (χ3n) is 7.81. The van der Waals surface area contributed by atoms with Gasteiger partial charge in [-0.25, -0.2) is 0 Å². The Morgan fingerprint density at radius 2 is 0.974 bits per heavy atom. The topological polar surface area (TPSA) is 35.6 Å². The molecule has 0 radical (unpaired) electrons. The Hall–Kier alpha value is -5.06. The van der Waals surface area contributed by atoms with Crippen molar-refractivity contribution < 1.29 is 0 Å². The van der Waals surface area contributed by atoms with E-state index < -0.39 is 0 Å². The maximum atomic E-state index is 5.99. The zero-order chi connectivity index (χ0) is 25.6. The molecule has 4 nitrogen and oxygen atoms in total. The summed E-state index contributed by atoms with van der Waals surface area (Å²) in [6, 6.07) is 25.7. The van der Waals surface area contributed by atoms with Gasteiger partial charge in [0.05, 0.1) is 24.9 Å². The highest BCUT2D eigenvalue weighted by molar-refractivity contribution is 5.94. The molecular formula is C34H24N4. The fraction of sp³-hybridized carbons (Fsp3) is 0.118. The molecule has 0 spiro atoms. The van der Waals surface area contributed by atoms with Crippen molar-refractivity contribution in [3.8, 4) is 24.7 Å². The summed E-state index contributed by atoms with van der Waals surface area (Å²) >= 11 is 0. The first kappa shape index (κ1) is 22.2. The van der Waals surface area contributed by atoms with Crippen LogP contribution in [0.5, 0.6) is 0 Å². The van der Waals surface area contributed by atoms with Crippen molar-refractivity contribution in [2.45, 2.75) is 24.9 Å². The van der Waals surface area contributed by atoms with Crippen molar-refractivity contribution in [2.24, 2.45) is 0 Å². The number of aromatic nitrogens is 4. The number of hydrogen-bond donors (Lipinski definition) is 0. The second-order valence-corrected chi connectivity index (χ2v) is 9.64. The SMILES string of the molecule is C#CCn1c2c(c3ccccc31)C(c1ccncc1)c1c(c3ccccc3n1CC#C)C2c1ccncc1.